The van der Waals surface area contributed by atoms with E-state index >= 15 is 0 Å². The molecule has 19 heavy (non-hydrogen) atoms. The summed E-state index contributed by atoms with van der Waals surface area (Å²) in [6, 6.07) is 6.48. The van der Waals surface area contributed by atoms with Crippen LogP contribution in [0.2, 0.25) is 0 Å². The van der Waals surface area contributed by atoms with Gasteiger partial charge in [-0.2, -0.15) is 13.2 Å². The molecule has 1 aromatic carbocycles. The highest BCUT2D eigenvalue weighted by molar-refractivity contribution is 8.00. The fraction of sp³-hybridized carbons (Fsp3) is 0.538. The predicted molar refractivity (Wildman–Crippen MR) is 73.2 cm³/mol. The monoisotopic (exact) mass is 292 g/mol. The Morgan fingerprint density at radius 2 is 1.79 bits per heavy atom. The molecule has 0 fully saturated rings. The maximum Gasteiger partial charge on any atom is 0.446 e. The lowest BCUT2D eigenvalue weighted by atomic mass is 10.2. The zero-order chi connectivity index (χ0) is 14.3. The van der Waals surface area contributed by atoms with Crippen molar-refractivity contribution in [2.24, 2.45) is 0 Å². The molecular formula is C13H19F3N2S. The fourth-order valence-electron chi connectivity index (χ4n) is 1.56. The number of benzene rings is 1. The van der Waals surface area contributed by atoms with Crippen LogP contribution in [0.4, 0.5) is 13.2 Å². The van der Waals surface area contributed by atoms with E-state index in [0.29, 0.717) is 6.54 Å². The Kier molecular flexibility index (Phi) is 6.68. The number of hydrogen-bond acceptors (Lipinski definition) is 3. The number of nitrogens with one attached hydrogen (secondary N) is 1. The highest BCUT2D eigenvalue weighted by Gasteiger charge is 2.28. The lowest BCUT2D eigenvalue weighted by Crippen LogP contribution is -2.20. The molecule has 0 aliphatic rings. The lowest BCUT2D eigenvalue weighted by molar-refractivity contribution is -0.0328. The summed E-state index contributed by atoms with van der Waals surface area (Å²) >= 11 is -0.0813. The van der Waals surface area contributed by atoms with Gasteiger partial charge in [0.1, 0.15) is 0 Å². The van der Waals surface area contributed by atoms with Gasteiger partial charge in [0, 0.05) is 11.4 Å². The van der Waals surface area contributed by atoms with Crippen molar-refractivity contribution in [3.8, 4) is 0 Å². The third-order valence-electron chi connectivity index (χ3n) is 2.44. The Bertz CT molecular complexity index is 363. The van der Waals surface area contributed by atoms with Crippen molar-refractivity contribution >= 4 is 11.8 Å². The molecule has 1 aromatic rings. The van der Waals surface area contributed by atoms with E-state index in [1.807, 2.05) is 14.1 Å². The normalized spacial score (nSPS) is 12.1. The Morgan fingerprint density at radius 1 is 1.16 bits per heavy atom. The number of alkyl halides is 3. The molecule has 108 valence electrons. The van der Waals surface area contributed by atoms with Gasteiger partial charge in [0.2, 0.25) is 0 Å². The van der Waals surface area contributed by atoms with Crippen LogP contribution >= 0.6 is 11.8 Å². The number of thioether (sulfide) groups is 1. The molecule has 0 aliphatic carbocycles. The third kappa shape index (κ3) is 8.13. The molecular weight excluding hydrogens is 273 g/mol. The molecule has 0 heterocycles. The van der Waals surface area contributed by atoms with Crippen LogP contribution in [0.3, 0.4) is 0 Å². The van der Waals surface area contributed by atoms with E-state index in [4.69, 9.17) is 0 Å². The number of hydrogen-bond donors (Lipinski definition) is 1. The van der Waals surface area contributed by atoms with E-state index in [1.165, 1.54) is 12.1 Å². The molecule has 1 N–H and O–H groups in total. The average Bonchev–Trinajstić information content (AvgIpc) is 2.28. The molecule has 2 nitrogen and oxygen atoms in total. The van der Waals surface area contributed by atoms with Crippen LogP contribution in [0.25, 0.3) is 0 Å². The minimum atomic E-state index is -4.22. The Balaban J connectivity index is 2.28. The molecule has 1 rings (SSSR count). The van der Waals surface area contributed by atoms with Gasteiger partial charge in [-0.25, -0.2) is 0 Å². The van der Waals surface area contributed by atoms with Gasteiger partial charge in [0.25, 0.3) is 0 Å². The van der Waals surface area contributed by atoms with Crippen LogP contribution in [-0.4, -0.2) is 37.6 Å². The first-order valence-corrected chi connectivity index (χ1v) is 6.88. The molecule has 0 bridgehead atoms. The van der Waals surface area contributed by atoms with Crippen molar-refractivity contribution in [2.75, 3.05) is 27.2 Å². The molecule has 0 amide bonds. The van der Waals surface area contributed by atoms with Crippen molar-refractivity contribution in [3.63, 3.8) is 0 Å². The van der Waals surface area contributed by atoms with Gasteiger partial charge < -0.3 is 10.2 Å². The van der Waals surface area contributed by atoms with Gasteiger partial charge in [0.05, 0.1) is 0 Å². The summed E-state index contributed by atoms with van der Waals surface area (Å²) in [5.74, 6) is 0. The molecule has 0 saturated heterocycles. The molecule has 0 spiro atoms. The van der Waals surface area contributed by atoms with Crippen LogP contribution in [0.5, 0.6) is 0 Å². The molecule has 0 aliphatic heterocycles. The van der Waals surface area contributed by atoms with E-state index in [1.54, 1.807) is 12.1 Å². The van der Waals surface area contributed by atoms with Gasteiger partial charge in [-0.05, 0) is 63.1 Å². The smallest absolute Gasteiger partial charge is 0.313 e. The topological polar surface area (TPSA) is 15.3 Å². The van der Waals surface area contributed by atoms with Gasteiger partial charge in [-0.1, -0.05) is 12.1 Å². The largest absolute Gasteiger partial charge is 0.446 e. The Morgan fingerprint density at radius 3 is 2.32 bits per heavy atom. The average molecular weight is 292 g/mol. The van der Waals surface area contributed by atoms with E-state index in [-0.39, 0.29) is 16.7 Å². The van der Waals surface area contributed by atoms with Crippen LogP contribution in [-0.2, 0) is 6.54 Å². The van der Waals surface area contributed by atoms with Crippen LogP contribution in [0.1, 0.15) is 12.0 Å². The number of halogens is 3. The summed E-state index contributed by atoms with van der Waals surface area (Å²) in [6.45, 7) is 2.61. The van der Waals surface area contributed by atoms with Crippen molar-refractivity contribution in [3.05, 3.63) is 29.8 Å². The SMILES string of the molecule is CN(C)CCCNCc1ccc(SC(F)(F)F)cc1. The van der Waals surface area contributed by atoms with E-state index in [2.05, 4.69) is 10.2 Å². The van der Waals surface area contributed by atoms with Gasteiger partial charge in [0.15, 0.2) is 0 Å². The van der Waals surface area contributed by atoms with Gasteiger partial charge in [-0.15, -0.1) is 0 Å². The highest BCUT2D eigenvalue weighted by Crippen LogP contribution is 2.36. The second kappa shape index (κ2) is 7.77. The highest BCUT2D eigenvalue weighted by atomic mass is 32.2. The summed E-state index contributed by atoms with van der Waals surface area (Å²) in [4.78, 5) is 2.34. The first-order chi connectivity index (χ1) is 8.87. The molecule has 0 unspecified atom stereocenters. The summed E-state index contributed by atoms with van der Waals surface area (Å²) in [6.07, 6.45) is 1.05. The molecule has 0 saturated carbocycles. The van der Waals surface area contributed by atoms with Crippen molar-refractivity contribution < 1.29 is 13.2 Å². The molecule has 0 atom stereocenters. The standard InChI is InChI=1S/C13H19F3N2S/c1-18(2)9-3-8-17-10-11-4-6-12(7-5-11)19-13(14,15)16/h4-7,17H,3,8-10H2,1-2H3. The second-order valence-corrected chi connectivity index (χ2v) is 5.66. The lowest BCUT2D eigenvalue weighted by Gasteiger charge is -2.10. The quantitative estimate of drug-likeness (QED) is 0.613. The first-order valence-electron chi connectivity index (χ1n) is 6.07. The maximum atomic E-state index is 12.1. The van der Waals surface area contributed by atoms with Crippen LogP contribution in [0, 0.1) is 0 Å². The Hall–Kier alpha value is -0.720. The summed E-state index contributed by atoms with van der Waals surface area (Å²) < 4.78 is 36.4. The minimum Gasteiger partial charge on any atom is -0.313 e. The summed E-state index contributed by atoms with van der Waals surface area (Å²) in [5.41, 5.74) is -3.22. The first kappa shape index (κ1) is 16.3. The Labute approximate surface area is 116 Å². The number of rotatable bonds is 7. The van der Waals surface area contributed by atoms with E-state index < -0.39 is 5.51 Å². The fourth-order valence-corrected chi connectivity index (χ4v) is 2.10. The van der Waals surface area contributed by atoms with Crippen molar-refractivity contribution in [1.29, 1.82) is 0 Å². The van der Waals surface area contributed by atoms with Gasteiger partial charge >= 0.3 is 5.51 Å². The number of nitrogens with zero attached hydrogens (tertiary/aromatic N) is 1. The molecule has 0 radical (unpaired) electrons. The van der Waals surface area contributed by atoms with Crippen LogP contribution < -0.4 is 5.32 Å². The third-order valence-corrected chi connectivity index (χ3v) is 3.18. The molecule has 6 heteroatoms. The summed E-state index contributed by atoms with van der Waals surface area (Å²) in [5, 5.41) is 3.27. The van der Waals surface area contributed by atoms with Crippen molar-refractivity contribution in [2.45, 2.75) is 23.4 Å². The predicted octanol–water partition coefficient (Wildman–Crippen LogP) is 3.34. The van der Waals surface area contributed by atoms with Gasteiger partial charge in [-0.3, -0.25) is 0 Å². The van der Waals surface area contributed by atoms with E-state index in [0.717, 1.165) is 25.1 Å². The zero-order valence-electron chi connectivity index (χ0n) is 11.1. The van der Waals surface area contributed by atoms with Crippen LogP contribution in [0.15, 0.2) is 29.2 Å². The maximum absolute atomic E-state index is 12.1. The molecule has 0 aromatic heterocycles. The minimum absolute atomic E-state index is 0.0813. The van der Waals surface area contributed by atoms with Crippen molar-refractivity contribution in [1.82, 2.24) is 10.2 Å². The zero-order valence-corrected chi connectivity index (χ0v) is 11.9. The van der Waals surface area contributed by atoms with E-state index in [9.17, 15) is 13.2 Å². The second-order valence-electron chi connectivity index (χ2n) is 4.53. The summed E-state index contributed by atoms with van der Waals surface area (Å²) in [7, 11) is 4.05.